The van der Waals surface area contributed by atoms with E-state index in [0.717, 1.165) is 25.5 Å². The Morgan fingerprint density at radius 1 is 1.41 bits per heavy atom. The molecule has 0 radical (unpaired) electrons. The highest BCUT2D eigenvalue weighted by Crippen LogP contribution is 2.52. The molecule has 3 N–H and O–H groups in total. The Labute approximate surface area is 166 Å². The van der Waals surface area contributed by atoms with Crippen LogP contribution < -0.4 is 10.2 Å². The summed E-state index contributed by atoms with van der Waals surface area (Å²) in [4.78, 5) is 15.2. The number of hydrogen-bond donors (Lipinski definition) is 3. The molecule has 0 spiro atoms. The number of halogens is 2. The van der Waals surface area contributed by atoms with Crippen molar-refractivity contribution < 1.29 is 18.7 Å². The van der Waals surface area contributed by atoms with Crippen LogP contribution >= 0.6 is 0 Å². The molecule has 0 bridgehead atoms. The zero-order valence-corrected chi connectivity index (χ0v) is 16.1. The van der Waals surface area contributed by atoms with E-state index in [1.165, 1.54) is 12.1 Å². The third kappa shape index (κ3) is 3.88. The molecule has 1 aliphatic carbocycles. The number of hydrogen-bond acceptors (Lipinski definition) is 6. The summed E-state index contributed by atoms with van der Waals surface area (Å²) in [5.74, 6) is 0.557. The first kappa shape index (κ1) is 19.5. The molecule has 1 aromatic heterocycles. The first-order valence-electron chi connectivity index (χ1n) is 9.80. The minimum absolute atomic E-state index is 0.106. The number of aromatic nitrogens is 4. The fourth-order valence-electron chi connectivity index (χ4n) is 4.15. The molecule has 29 heavy (non-hydrogen) atoms. The second-order valence-corrected chi connectivity index (χ2v) is 8.13. The van der Waals surface area contributed by atoms with Crippen LogP contribution in [0.5, 0.6) is 5.75 Å². The van der Waals surface area contributed by atoms with Crippen LogP contribution in [0.4, 0.5) is 14.7 Å². The summed E-state index contributed by atoms with van der Waals surface area (Å²) < 4.78 is 25.8. The fraction of sp³-hybridized carbons (Fsp3) is 0.579. The maximum Gasteiger partial charge on any atom is 0.263 e. The number of carbonyl (C=O) groups excluding carboxylic acids is 1. The molecule has 1 saturated heterocycles. The number of H-pyrrole nitrogens is 1. The number of phenolic OH excluding ortho intramolecular Hbond substituents is 1. The van der Waals surface area contributed by atoms with E-state index in [9.17, 15) is 18.7 Å². The molecule has 1 amide bonds. The summed E-state index contributed by atoms with van der Waals surface area (Å²) in [5, 5.41) is 27.4. The highest BCUT2D eigenvalue weighted by Gasteiger charge is 2.53. The smallest absolute Gasteiger partial charge is 0.263 e. The molecule has 1 saturated carbocycles. The van der Waals surface area contributed by atoms with E-state index in [4.69, 9.17) is 0 Å². The van der Waals surface area contributed by atoms with Gasteiger partial charge in [0.1, 0.15) is 5.75 Å². The summed E-state index contributed by atoms with van der Waals surface area (Å²) in [6.07, 6.45) is 0.268. The van der Waals surface area contributed by atoms with Crippen molar-refractivity contribution in [3.63, 3.8) is 0 Å². The van der Waals surface area contributed by atoms with Gasteiger partial charge in [-0.2, -0.15) is 0 Å². The Bertz CT molecular complexity index is 872. The first-order valence-corrected chi connectivity index (χ1v) is 9.80. The van der Waals surface area contributed by atoms with E-state index in [1.54, 1.807) is 0 Å². The van der Waals surface area contributed by atoms with Gasteiger partial charge >= 0.3 is 0 Å². The first-order chi connectivity index (χ1) is 13.9. The fourth-order valence-corrected chi connectivity index (χ4v) is 4.15. The van der Waals surface area contributed by atoms with Crippen LogP contribution in [0.1, 0.15) is 50.2 Å². The molecular formula is C19H24F2N6O2. The van der Waals surface area contributed by atoms with Gasteiger partial charge in [-0.15, -0.1) is 0 Å². The lowest BCUT2D eigenvalue weighted by molar-refractivity contribution is -0.124. The highest BCUT2D eigenvalue weighted by atomic mass is 19.3. The standard InChI is InChI=1S/C19H24F2N6O2/c1-11-4-7-27(18-23-25-26-24-18)10-13(8-11)22-17(29)19(5-6-19)14-3-2-12(16(20)21)9-15(14)28/h2-3,9,11,13,16,28H,4-8,10H2,1H3,(H,22,29)(H,23,24,25,26). The van der Waals surface area contributed by atoms with Crippen molar-refractivity contribution in [3.8, 4) is 5.75 Å². The normalized spacial score (nSPS) is 23.7. The topological polar surface area (TPSA) is 107 Å². The van der Waals surface area contributed by atoms with Crippen molar-refractivity contribution in [2.24, 2.45) is 5.92 Å². The number of benzene rings is 1. The lowest BCUT2D eigenvalue weighted by Crippen LogP contribution is -2.47. The van der Waals surface area contributed by atoms with Crippen LogP contribution in [0.15, 0.2) is 18.2 Å². The molecular weight excluding hydrogens is 382 g/mol. The number of alkyl halides is 2. The molecule has 2 heterocycles. The lowest BCUT2D eigenvalue weighted by Gasteiger charge is -2.26. The summed E-state index contributed by atoms with van der Waals surface area (Å²) in [5.41, 5.74) is -0.687. The van der Waals surface area contributed by atoms with Gasteiger partial charge in [0, 0.05) is 30.3 Å². The number of nitrogens with zero attached hydrogens (tertiary/aromatic N) is 4. The van der Waals surface area contributed by atoms with Crippen LogP contribution in [-0.2, 0) is 10.2 Å². The number of amides is 1. The monoisotopic (exact) mass is 406 g/mol. The quantitative estimate of drug-likeness (QED) is 0.703. The summed E-state index contributed by atoms with van der Waals surface area (Å²) in [6.45, 7) is 3.49. The van der Waals surface area contributed by atoms with Crippen LogP contribution in [0, 0.1) is 5.92 Å². The number of rotatable bonds is 5. The van der Waals surface area contributed by atoms with Crippen LogP contribution in [0.25, 0.3) is 0 Å². The van der Waals surface area contributed by atoms with Gasteiger partial charge in [-0.3, -0.25) is 4.79 Å². The van der Waals surface area contributed by atoms with Crippen molar-refractivity contribution >= 4 is 11.9 Å². The Balaban J connectivity index is 1.50. The minimum atomic E-state index is -2.66. The van der Waals surface area contributed by atoms with Crippen molar-refractivity contribution in [3.05, 3.63) is 29.3 Å². The molecule has 2 aliphatic rings. The third-order valence-corrected chi connectivity index (χ3v) is 5.96. The second kappa shape index (κ2) is 7.57. The van der Waals surface area contributed by atoms with E-state index >= 15 is 0 Å². The van der Waals surface area contributed by atoms with Crippen LogP contribution in [0.3, 0.4) is 0 Å². The number of aromatic amines is 1. The predicted molar refractivity (Wildman–Crippen MR) is 101 cm³/mol. The average molecular weight is 406 g/mol. The molecule has 2 aromatic rings. The number of phenols is 1. The van der Waals surface area contributed by atoms with Gasteiger partial charge in [0.2, 0.25) is 11.9 Å². The molecule has 2 fully saturated rings. The van der Waals surface area contributed by atoms with E-state index in [0.29, 0.717) is 36.8 Å². The van der Waals surface area contributed by atoms with Gasteiger partial charge in [-0.25, -0.2) is 13.9 Å². The molecule has 2 atom stereocenters. The van der Waals surface area contributed by atoms with Crippen LogP contribution in [0.2, 0.25) is 0 Å². The minimum Gasteiger partial charge on any atom is -0.508 e. The van der Waals surface area contributed by atoms with Gasteiger partial charge < -0.3 is 15.3 Å². The number of anilines is 1. The zero-order chi connectivity index (χ0) is 20.6. The van der Waals surface area contributed by atoms with E-state index in [1.807, 2.05) is 4.90 Å². The average Bonchev–Trinajstić information content (AvgIpc) is 3.35. The Hall–Kier alpha value is -2.78. The van der Waals surface area contributed by atoms with Gasteiger partial charge in [-0.1, -0.05) is 24.2 Å². The Kier molecular flexibility index (Phi) is 5.10. The van der Waals surface area contributed by atoms with E-state index in [-0.39, 0.29) is 23.3 Å². The summed E-state index contributed by atoms with van der Waals surface area (Å²) >= 11 is 0. The molecule has 10 heteroatoms. The van der Waals surface area contributed by atoms with Crippen molar-refractivity contribution in [1.29, 1.82) is 0 Å². The summed E-state index contributed by atoms with van der Waals surface area (Å²) in [6, 6.07) is 3.68. The second-order valence-electron chi connectivity index (χ2n) is 8.13. The number of nitrogens with one attached hydrogen (secondary N) is 2. The van der Waals surface area contributed by atoms with Crippen LogP contribution in [-0.4, -0.2) is 50.8 Å². The highest BCUT2D eigenvalue weighted by molar-refractivity contribution is 5.92. The molecule has 8 nitrogen and oxygen atoms in total. The maximum absolute atomic E-state index is 13.1. The third-order valence-electron chi connectivity index (χ3n) is 5.96. The van der Waals surface area contributed by atoms with Crippen molar-refractivity contribution in [2.75, 3.05) is 18.0 Å². The molecule has 156 valence electrons. The predicted octanol–water partition coefficient (Wildman–Crippen LogP) is 2.30. The number of aromatic hydroxyl groups is 1. The zero-order valence-electron chi connectivity index (χ0n) is 16.1. The number of tetrazole rings is 1. The van der Waals surface area contributed by atoms with Gasteiger partial charge in [0.05, 0.1) is 5.41 Å². The van der Waals surface area contributed by atoms with E-state index in [2.05, 4.69) is 32.9 Å². The Morgan fingerprint density at radius 3 is 2.83 bits per heavy atom. The molecule has 1 aliphatic heterocycles. The summed E-state index contributed by atoms with van der Waals surface area (Å²) in [7, 11) is 0. The van der Waals surface area contributed by atoms with Gasteiger partial charge in [0.25, 0.3) is 6.43 Å². The van der Waals surface area contributed by atoms with Gasteiger partial charge in [0.15, 0.2) is 0 Å². The molecule has 4 rings (SSSR count). The SMILES string of the molecule is CC1CCN(c2nnn[nH]2)CC(NC(=O)C2(c3ccc(C(F)F)cc3O)CC2)C1. The number of carbonyl (C=O) groups is 1. The van der Waals surface area contributed by atoms with Gasteiger partial charge in [-0.05, 0) is 48.1 Å². The maximum atomic E-state index is 13.1. The largest absolute Gasteiger partial charge is 0.508 e. The molecule has 1 aromatic carbocycles. The van der Waals surface area contributed by atoms with Crippen molar-refractivity contribution in [1.82, 2.24) is 25.9 Å². The molecule has 2 unspecified atom stereocenters. The van der Waals surface area contributed by atoms with Crippen molar-refractivity contribution in [2.45, 2.75) is 50.5 Å². The lowest BCUT2D eigenvalue weighted by atomic mass is 9.92. The Morgan fingerprint density at radius 2 is 2.21 bits per heavy atom. The van der Waals surface area contributed by atoms with E-state index < -0.39 is 11.8 Å².